The zero-order valence-electron chi connectivity index (χ0n) is 21.1. The highest BCUT2D eigenvalue weighted by atomic mass is 15.0. The maximum atomic E-state index is 4.69. The van der Waals surface area contributed by atoms with Crippen molar-refractivity contribution in [2.75, 3.05) is 0 Å². The molecule has 2 aromatic heterocycles. The second-order valence-electron chi connectivity index (χ2n) is 10.4. The van der Waals surface area contributed by atoms with Crippen molar-refractivity contribution in [2.45, 2.75) is 0 Å². The van der Waals surface area contributed by atoms with Crippen molar-refractivity contribution in [2.24, 2.45) is 0 Å². The monoisotopic (exact) mass is 494 g/mol. The molecule has 0 saturated carbocycles. The summed E-state index contributed by atoms with van der Waals surface area (Å²) in [6, 6.07) is 46.3. The summed E-state index contributed by atoms with van der Waals surface area (Å²) >= 11 is 0. The average Bonchev–Trinajstić information content (AvgIpc) is 3.52. The molecule has 0 aliphatic heterocycles. The number of aromatic nitrogens is 2. The van der Waals surface area contributed by atoms with E-state index in [1.54, 1.807) is 0 Å². The van der Waals surface area contributed by atoms with Gasteiger partial charge in [-0.25, -0.2) is 0 Å². The van der Waals surface area contributed by atoms with E-state index in [9.17, 15) is 0 Å². The van der Waals surface area contributed by atoms with Gasteiger partial charge in [0.2, 0.25) is 0 Å². The van der Waals surface area contributed by atoms with Crippen molar-refractivity contribution in [3.05, 3.63) is 134 Å². The summed E-state index contributed by atoms with van der Waals surface area (Å²) in [7, 11) is 0. The molecule has 8 aromatic rings. The summed E-state index contributed by atoms with van der Waals surface area (Å²) < 4.78 is 2.32. The Bertz CT molecular complexity index is 2220. The van der Waals surface area contributed by atoms with E-state index in [2.05, 4.69) is 126 Å². The van der Waals surface area contributed by atoms with Gasteiger partial charge in [0.15, 0.2) is 0 Å². The van der Waals surface area contributed by atoms with Crippen LogP contribution in [0.5, 0.6) is 0 Å². The molecular weight excluding hydrogens is 472 g/mol. The van der Waals surface area contributed by atoms with Crippen molar-refractivity contribution < 1.29 is 0 Å². The Morgan fingerprint density at radius 2 is 1.21 bits per heavy atom. The van der Waals surface area contributed by atoms with Crippen LogP contribution in [0, 0.1) is 0 Å². The summed E-state index contributed by atoms with van der Waals surface area (Å²) in [5.41, 5.74) is 12.3. The Kier molecular flexibility index (Phi) is 4.08. The van der Waals surface area contributed by atoms with Crippen LogP contribution < -0.4 is 0 Å². The Morgan fingerprint density at radius 3 is 2.13 bits per heavy atom. The third-order valence-electron chi connectivity index (χ3n) is 8.39. The first kappa shape index (κ1) is 20.8. The molecule has 0 N–H and O–H groups in total. The predicted octanol–water partition coefficient (Wildman–Crippen LogP) is 9.80. The maximum Gasteiger partial charge on any atom is 0.0963 e. The zero-order valence-corrected chi connectivity index (χ0v) is 21.1. The third-order valence-corrected chi connectivity index (χ3v) is 8.39. The fourth-order valence-corrected chi connectivity index (χ4v) is 6.73. The minimum Gasteiger partial charge on any atom is -0.308 e. The number of hydrogen-bond donors (Lipinski definition) is 0. The van der Waals surface area contributed by atoms with Gasteiger partial charge in [-0.15, -0.1) is 0 Å². The fraction of sp³-hybridized carbons (Fsp3) is 0. The van der Waals surface area contributed by atoms with Gasteiger partial charge < -0.3 is 4.57 Å². The van der Waals surface area contributed by atoms with Gasteiger partial charge in [0.05, 0.1) is 16.6 Å². The highest BCUT2D eigenvalue weighted by Gasteiger charge is 2.24. The molecular formula is C37H22N2. The second kappa shape index (κ2) is 7.66. The maximum absolute atomic E-state index is 4.69. The summed E-state index contributed by atoms with van der Waals surface area (Å²) in [5.74, 6) is 0. The highest BCUT2D eigenvalue weighted by molar-refractivity contribution is 6.23. The Balaban J connectivity index is 1.23. The quantitative estimate of drug-likeness (QED) is 0.234. The lowest BCUT2D eigenvalue weighted by atomic mass is 9.93. The van der Waals surface area contributed by atoms with Crippen LogP contribution in [0.25, 0.3) is 82.5 Å². The summed E-state index contributed by atoms with van der Waals surface area (Å²) in [6.45, 7) is 0. The molecule has 180 valence electrons. The molecule has 1 aliphatic carbocycles. The lowest BCUT2D eigenvalue weighted by molar-refractivity contribution is 1.18. The van der Waals surface area contributed by atoms with E-state index in [1.807, 2.05) is 12.3 Å². The van der Waals surface area contributed by atoms with Gasteiger partial charge in [-0.05, 0) is 85.3 Å². The molecule has 1 aliphatic rings. The molecule has 0 radical (unpaired) electrons. The first-order valence-corrected chi connectivity index (χ1v) is 13.4. The minimum absolute atomic E-state index is 1.04. The van der Waals surface area contributed by atoms with Crippen molar-refractivity contribution in [1.29, 1.82) is 0 Å². The molecule has 9 rings (SSSR count). The zero-order chi connectivity index (χ0) is 25.5. The van der Waals surface area contributed by atoms with Crippen LogP contribution in [0.4, 0.5) is 0 Å². The second-order valence-corrected chi connectivity index (χ2v) is 10.4. The van der Waals surface area contributed by atoms with Crippen molar-refractivity contribution >= 4 is 43.5 Å². The van der Waals surface area contributed by atoms with Crippen LogP contribution in [-0.4, -0.2) is 9.55 Å². The molecule has 2 heterocycles. The van der Waals surface area contributed by atoms with Crippen molar-refractivity contribution in [1.82, 2.24) is 9.55 Å². The molecule has 0 fully saturated rings. The molecule has 0 unspecified atom stereocenters. The van der Waals surface area contributed by atoms with E-state index in [4.69, 9.17) is 4.98 Å². The van der Waals surface area contributed by atoms with Crippen LogP contribution >= 0.6 is 0 Å². The number of nitrogens with zero attached hydrogens (tertiary/aromatic N) is 2. The number of rotatable bonds is 2. The molecule has 0 atom stereocenters. The van der Waals surface area contributed by atoms with Gasteiger partial charge in [0, 0.05) is 17.3 Å². The number of pyridine rings is 1. The predicted molar refractivity (Wildman–Crippen MR) is 163 cm³/mol. The van der Waals surface area contributed by atoms with Crippen LogP contribution in [-0.2, 0) is 0 Å². The lowest BCUT2D eigenvalue weighted by Crippen LogP contribution is -1.94. The fourth-order valence-electron chi connectivity index (χ4n) is 6.73. The van der Waals surface area contributed by atoms with Crippen molar-refractivity contribution in [3.63, 3.8) is 0 Å². The molecule has 0 saturated heterocycles. The summed E-state index contributed by atoms with van der Waals surface area (Å²) in [5, 5.41) is 6.46. The number of benzene rings is 6. The number of hydrogen-bond acceptors (Lipinski definition) is 1. The van der Waals surface area contributed by atoms with E-state index in [0.717, 1.165) is 16.7 Å². The Labute approximate surface area is 225 Å². The van der Waals surface area contributed by atoms with E-state index < -0.39 is 0 Å². The summed E-state index contributed by atoms with van der Waals surface area (Å²) in [6.07, 6.45) is 1.87. The van der Waals surface area contributed by atoms with E-state index in [0.29, 0.717) is 0 Å². The van der Waals surface area contributed by atoms with Gasteiger partial charge in [0.1, 0.15) is 0 Å². The standard InChI is InChI=1S/C37H22N2/c1-2-8-27-23(7-1)16-19-30-29-11-5-10-28-26(20-21-32(35(27)30)36(28)29)24-14-17-25(18-15-24)39-33-12-4-3-9-31(33)37-34(39)13-6-22-38-37/h1-22H. The topological polar surface area (TPSA) is 17.8 Å². The van der Waals surface area contributed by atoms with E-state index >= 15 is 0 Å². The van der Waals surface area contributed by atoms with Crippen LogP contribution in [0.3, 0.4) is 0 Å². The molecule has 39 heavy (non-hydrogen) atoms. The molecule has 6 aromatic carbocycles. The van der Waals surface area contributed by atoms with E-state index in [1.165, 1.54) is 65.8 Å². The van der Waals surface area contributed by atoms with Gasteiger partial charge >= 0.3 is 0 Å². The van der Waals surface area contributed by atoms with Gasteiger partial charge in [-0.2, -0.15) is 0 Å². The van der Waals surface area contributed by atoms with Gasteiger partial charge in [-0.3, -0.25) is 4.98 Å². The van der Waals surface area contributed by atoms with Crippen LogP contribution in [0.1, 0.15) is 0 Å². The number of para-hydroxylation sites is 1. The normalized spacial score (nSPS) is 12.1. The first-order valence-electron chi connectivity index (χ1n) is 13.4. The van der Waals surface area contributed by atoms with Crippen LogP contribution in [0.2, 0.25) is 0 Å². The largest absolute Gasteiger partial charge is 0.308 e. The van der Waals surface area contributed by atoms with Gasteiger partial charge in [-0.1, -0.05) is 97.1 Å². The summed E-state index contributed by atoms with van der Waals surface area (Å²) in [4.78, 5) is 4.69. The molecule has 0 amide bonds. The minimum atomic E-state index is 1.04. The Morgan fingerprint density at radius 1 is 0.462 bits per heavy atom. The molecule has 2 heteroatoms. The van der Waals surface area contributed by atoms with E-state index in [-0.39, 0.29) is 0 Å². The third kappa shape index (κ3) is 2.78. The molecule has 0 spiro atoms. The molecule has 2 nitrogen and oxygen atoms in total. The number of fused-ring (bicyclic) bond motifs is 8. The van der Waals surface area contributed by atoms with Gasteiger partial charge in [0.25, 0.3) is 0 Å². The van der Waals surface area contributed by atoms with Crippen molar-refractivity contribution in [3.8, 4) is 39.1 Å². The smallest absolute Gasteiger partial charge is 0.0963 e. The average molecular weight is 495 g/mol. The highest BCUT2D eigenvalue weighted by Crippen LogP contribution is 2.51. The Hall–Kier alpha value is -5.21. The molecule has 0 bridgehead atoms. The first-order chi connectivity index (χ1) is 19.4. The van der Waals surface area contributed by atoms with Crippen LogP contribution in [0.15, 0.2) is 134 Å². The lowest BCUT2D eigenvalue weighted by Gasteiger charge is -2.12. The SMILES string of the molecule is c1ccc2c3c(ccc2c1)-c1cccc2c(-c4ccc(-n5c6ccccc6c6ncccc65)cc4)ccc-3c12.